The van der Waals surface area contributed by atoms with Gasteiger partial charge in [0.2, 0.25) is 0 Å². The third kappa shape index (κ3) is 3.79. The van der Waals surface area contributed by atoms with E-state index in [-0.39, 0.29) is 10.9 Å². The summed E-state index contributed by atoms with van der Waals surface area (Å²) in [5, 5.41) is 3.08. The van der Waals surface area contributed by atoms with Crippen molar-refractivity contribution in [3.63, 3.8) is 0 Å². The Bertz CT molecular complexity index is 447. The minimum atomic E-state index is -3.49. The van der Waals surface area contributed by atoms with Crippen molar-refractivity contribution in [2.24, 2.45) is 13.0 Å². The van der Waals surface area contributed by atoms with Crippen LogP contribution in [0.3, 0.4) is 0 Å². The molecule has 0 aliphatic rings. The lowest BCUT2D eigenvalue weighted by molar-refractivity contribution is 0.517. The second kappa shape index (κ2) is 5.61. The third-order valence-corrected chi connectivity index (χ3v) is 3.83. The van der Waals surface area contributed by atoms with E-state index in [0.29, 0.717) is 12.4 Å². The van der Waals surface area contributed by atoms with E-state index < -0.39 is 10.0 Å². The maximum absolute atomic E-state index is 11.9. The molecule has 0 fully saturated rings. The van der Waals surface area contributed by atoms with Crippen LogP contribution < -0.4 is 10.0 Å². The highest BCUT2D eigenvalue weighted by Gasteiger charge is 2.18. The summed E-state index contributed by atoms with van der Waals surface area (Å²) in [6.07, 6.45) is 1.51. The van der Waals surface area contributed by atoms with E-state index in [2.05, 4.69) is 15.0 Å². The first-order valence-electron chi connectivity index (χ1n) is 5.51. The fourth-order valence-corrected chi connectivity index (χ4v) is 2.60. The molecule has 0 aromatic carbocycles. The molecule has 7 heteroatoms. The summed E-state index contributed by atoms with van der Waals surface area (Å²) in [4.78, 5) is 4.00. The van der Waals surface area contributed by atoms with E-state index in [9.17, 15) is 8.42 Å². The number of aromatic nitrogens is 2. The van der Waals surface area contributed by atoms with Gasteiger partial charge >= 0.3 is 0 Å². The van der Waals surface area contributed by atoms with Crippen LogP contribution in [0.4, 0.5) is 0 Å². The molecule has 2 N–H and O–H groups in total. The van der Waals surface area contributed by atoms with Gasteiger partial charge in [-0.05, 0) is 26.4 Å². The maximum Gasteiger partial charge on any atom is 0.259 e. The standard InChI is InChI=1S/C10H20N4O2S/c1-8(5-11-3)6-12-17(15,16)10-7-14(4)9(2)13-10/h7-8,11-12H,5-6H2,1-4H3. The van der Waals surface area contributed by atoms with Gasteiger partial charge in [0.05, 0.1) is 0 Å². The Morgan fingerprint density at radius 2 is 2.12 bits per heavy atom. The maximum atomic E-state index is 11.9. The summed E-state index contributed by atoms with van der Waals surface area (Å²) in [5.74, 6) is 0.910. The van der Waals surface area contributed by atoms with Crippen LogP contribution in [-0.4, -0.2) is 38.1 Å². The minimum absolute atomic E-state index is 0.0779. The number of rotatable bonds is 6. The molecule has 0 amide bonds. The first kappa shape index (κ1) is 14.1. The fraction of sp³-hybridized carbons (Fsp3) is 0.700. The lowest BCUT2D eigenvalue weighted by Crippen LogP contribution is -2.32. The molecule has 6 nitrogen and oxygen atoms in total. The highest BCUT2D eigenvalue weighted by atomic mass is 32.2. The van der Waals surface area contributed by atoms with E-state index in [1.165, 1.54) is 6.20 Å². The molecule has 0 saturated heterocycles. The average Bonchev–Trinajstić information content (AvgIpc) is 2.58. The molecule has 1 aromatic rings. The largest absolute Gasteiger partial charge is 0.337 e. The molecule has 0 saturated carbocycles. The zero-order chi connectivity index (χ0) is 13.1. The van der Waals surface area contributed by atoms with Crippen LogP contribution in [0.5, 0.6) is 0 Å². The molecule has 1 heterocycles. The SMILES string of the molecule is CNCC(C)CNS(=O)(=O)c1cn(C)c(C)n1. The first-order valence-corrected chi connectivity index (χ1v) is 6.99. The van der Waals surface area contributed by atoms with Crippen molar-refractivity contribution >= 4 is 10.0 Å². The van der Waals surface area contributed by atoms with Crippen LogP contribution in [0.2, 0.25) is 0 Å². The summed E-state index contributed by atoms with van der Waals surface area (Å²) >= 11 is 0. The summed E-state index contributed by atoms with van der Waals surface area (Å²) in [6, 6.07) is 0. The molecule has 0 spiro atoms. The highest BCUT2D eigenvalue weighted by Crippen LogP contribution is 2.07. The van der Waals surface area contributed by atoms with E-state index in [4.69, 9.17) is 0 Å². The van der Waals surface area contributed by atoms with Crippen molar-refractivity contribution in [3.8, 4) is 0 Å². The second-order valence-corrected chi connectivity index (χ2v) is 5.97. The van der Waals surface area contributed by atoms with Crippen molar-refractivity contribution in [3.05, 3.63) is 12.0 Å². The molecule has 17 heavy (non-hydrogen) atoms. The molecule has 1 atom stereocenters. The van der Waals surface area contributed by atoms with E-state index in [0.717, 1.165) is 6.54 Å². The van der Waals surface area contributed by atoms with Crippen molar-refractivity contribution in [2.45, 2.75) is 18.9 Å². The molecule has 1 unspecified atom stereocenters. The van der Waals surface area contributed by atoms with Gasteiger partial charge in [-0.25, -0.2) is 18.1 Å². The number of sulfonamides is 1. The third-order valence-electron chi connectivity index (χ3n) is 2.54. The summed E-state index contributed by atoms with van der Waals surface area (Å²) in [7, 11) is 0.124. The quantitative estimate of drug-likeness (QED) is 0.746. The van der Waals surface area contributed by atoms with Gasteiger partial charge in [-0.1, -0.05) is 6.92 Å². The smallest absolute Gasteiger partial charge is 0.259 e. The Labute approximate surface area is 102 Å². The number of aryl methyl sites for hydroxylation is 2. The van der Waals surface area contributed by atoms with Gasteiger partial charge in [0.1, 0.15) is 5.82 Å². The predicted octanol–water partition coefficient (Wildman–Crippen LogP) is -0.138. The lowest BCUT2D eigenvalue weighted by Gasteiger charge is -2.11. The highest BCUT2D eigenvalue weighted by molar-refractivity contribution is 7.89. The van der Waals surface area contributed by atoms with Crippen molar-refractivity contribution in [2.75, 3.05) is 20.1 Å². The zero-order valence-corrected chi connectivity index (χ0v) is 11.5. The molecule has 0 aliphatic carbocycles. The number of nitrogens with zero attached hydrogens (tertiary/aromatic N) is 2. The Balaban J connectivity index is 2.69. The molecule has 1 aromatic heterocycles. The summed E-state index contributed by atoms with van der Waals surface area (Å²) in [5.41, 5.74) is 0. The average molecular weight is 260 g/mol. The molecule has 98 valence electrons. The number of hydrogen-bond donors (Lipinski definition) is 2. The summed E-state index contributed by atoms with van der Waals surface area (Å²) < 4.78 is 28.0. The number of nitrogens with one attached hydrogen (secondary N) is 2. The molecular formula is C10H20N4O2S. The number of hydrogen-bond acceptors (Lipinski definition) is 4. The number of imidazole rings is 1. The van der Waals surface area contributed by atoms with Gasteiger partial charge in [-0.15, -0.1) is 0 Å². The molecule has 1 rings (SSSR count). The second-order valence-electron chi connectivity index (χ2n) is 4.25. The topological polar surface area (TPSA) is 76.0 Å². The van der Waals surface area contributed by atoms with Gasteiger partial charge in [0, 0.05) is 19.8 Å². The van der Waals surface area contributed by atoms with Crippen molar-refractivity contribution in [1.29, 1.82) is 0 Å². The van der Waals surface area contributed by atoms with Crippen molar-refractivity contribution < 1.29 is 8.42 Å². The van der Waals surface area contributed by atoms with Gasteiger partial charge in [0.15, 0.2) is 5.03 Å². The molecule has 0 aliphatic heterocycles. The Morgan fingerprint density at radius 3 is 2.59 bits per heavy atom. The Hall–Kier alpha value is -0.920. The molecule has 0 radical (unpaired) electrons. The Morgan fingerprint density at radius 1 is 1.47 bits per heavy atom. The fourth-order valence-electron chi connectivity index (χ4n) is 1.40. The summed E-state index contributed by atoms with van der Waals surface area (Å²) in [6.45, 7) is 4.91. The van der Waals surface area contributed by atoms with Crippen LogP contribution in [0.1, 0.15) is 12.7 Å². The van der Waals surface area contributed by atoms with Crippen LogP contribution in [-0.2, 0) is 17.1 Å². The van der Waals surface area contributed by atoms with Crippen LogP contribution in [0.25, 0.3) is 0 Å². The van der Waals surface area contributed by atoms with Gasteiger partial charge in [-0.2, -0.15) is 0 Å². The van der Waals surface area contributed by atoms with E-state index in [1.807, 2.05) is 14.0 Å². The minimum Gasteiger partial charge on any atom is -0.337 e. The first-order chi connectivity index (χ1) is 7.86. The van der Waals surface area contributed by atoms with Crippen LogP contribution >= 0.6 is 0 Å². The van der Waals surface area contributed by atoms with Gasteiger partial charge in [-0.3, -0.25) is 0 Å². The van der Waals surface area contributed by atoms with Gasteiger partial charge < -0.3 is 9.88 Å². The lowest BCUT2D eigenvalue weighted by atomic mass is 10.2. The van der Waals surface area contributed by atoms with E-state index in [1.54, 1.807) is 18.5 Å². The Kier molecular flexibility index (Phi) is 4.67. The van der Waals surface area contributed by atoms with E-state index >= 15 is 0 Å². The molecule has 0 bridgehead atoms. The zero-order valence-electron chi connectivity index (χ0n) is 10.7. The predicted molar refractivity (Wildman–Crippen MR) is 66.2 cm³/mol. The molecular weight excluding hydrogens is 240 g/mol. The normalized spacial score (nSPS) is 13.9. The van der Waals surface area contributed by atoms with Crippen molar-refractivity contribution in [1.82, 2.24) is 19.6 Å². The van der Waals surface area contributed by atoms with Gasteiger partial charge in [0.25, 0.3) is 10.0 Å². The van der Waals surface area contributed by atoms with Crippen LogP contribution in [0.15, 0.2) is 11.2 Å². The monoisotopic (exact) mass is 260 g/mol. The van der Waals surface area contributed by atoms with Crippen LogP contribution in [0, 0.1) is 12.8 Å².